The van der Waals surface area contributed by atoms with Gasteiger partial charge >= 0.3 is 5.97 Å². The first-order valence-electron chi connectivity index (χ1n) is 5.78. The van der Waals surface area contributed by atoms with E-state index in [9.17, 15) is 9.18 Å². The first kappa shape index (κ1) is 13.6. The summed E-state index contributed by atoms with van der Waals surface area (Å²) in [6.07, 6.45) is 0.298. The van der Waals surface area contributed by atoms with Crippen LogP contribution in [0.1, 0.15) is 31.9 Å². The van der Waals surface area contributed by atoms with Crippen LogP contribution in [0, 0.1) is 5.82 Å². The highest BCUT2D eigenvalue weighted by Crippen LogP contribution is 2.15. The molecule has 0 saturated carbocycles. The number of rotatable bonds is 6. The van der Waals surface area contributed by atoms with Gasteiger partial charge in [0.15, 0.2) is 0 Å². The smallest absolute Gasteiger partial charge is 0.307 e. The fourth-order valence-electron chi connectivity index (χ4n) is 1.56. The first-order chi connectivity index (χ1) is 8.15. The van der Waals surface area contributed by atoms with E-state index in [2.05, 4.69) is 5.32 Å². The largest absolute Gasteiger partial charge is 0.466 e. The maximum Gasteiger partial charge on any atom is 0.307 e. The minimum absolute atomic E-state index is 0.120. The van der Waals surface area contributed by atoms with Crippen molar-refractivity contribution in [2.75, 3.05) is 13.2 Å². The lowest BCUT2D eigenvalue weighted by Gasteiger charge is -2.14. The highest BCUT2D eigenvalue weighted by molar-refractivity contribution is 5.69. The molecule has 0 aliphatic rings. The summed E-state index contributed by atoms with van der Waals surface area (Å²) in [6, 6.07) is 6.49. The molecule has 0 aliphatic heterocycles. The molecule has 0 saturated heterocycles. The Balaban J connectivity index is 2.38. The third kappa shape index (κ3) is 4.53. The highest BCUT2D eigenvalue weighted by atomic mass is 19.1. The molecule has 17 heavy (non-hydrogen) atoms. The Morgan fingerprint density at radius 2 is 2.18 bits per heavy atom. The quantitative estimate of drug-likeness (QED) is 0.775. The van der Waals surface area contributed by atoms with Gasteiger partial charge in [0, 0.05) is 18.2 Å². The number of hydrogen-bond donors (Lipinski definition) is 1. The number of hydrogen-bond acceptors (Lipinski definition) is 3. The van der Waals surface area contributed by atoms with Gasteiger partial charge in [-0.1, -0.05) is 18.2 Å². The molecule has 0 heterocycles. The molecule has 1 rings (SSSR count). The summed E-state index contributed by atoms with van der Waals surface area (Å²) in [5, 5.41) is 3.09. The van der Waals surface area contributed by atoms with Gasteiger partial charge in [-0.2, -0.15) is 0 Å². The molecular weight excluding hydrogens is 221 g/mol. The average molecular weight is 239 g/mol. The van der Waals surface area contributed by atoms with Gasteiger partial charge in [0.2, 0.25) is 0 Å². The fraction of sp³-hybridized carbons (Fsp3) is 0.462. The number of carbonyl (C=O) groups is 1. The highest BCUT2D eigenvalue weighted by Gasteiger charge is 2.10. The van der Waals surface area contributed by atoms with Crippen molar-refractivity contribution in [3.63, 3.8) is 0 Å². The average Bonchev–Trinajstić information content (AvgIpc) is 2.29. The Hall–Kier alpha value is -1.42. The lowest BCUT2D eigenvalue weighted by atomic mass is 10.1. The van der Waals surface area contributed by atoms with Crippen LogP contribution in [0.15, 0.2) is 24.3 Å². The van der Waals surface area contributed by atoms with Crippen molar-refractivity contribution in [3.8, 4) is 0 Å². The molecule has 1 atom stereocenters. The monoisotopic (exact) mass is 239 g/mol. The number of ether oxygens (including phenoxy) is 1. The van der Waals surface area contributed by atoms with Crippen LogP contribution in [0.25, 0.3) is 0 Å². The zero-order valence-electron chi connectivity index (χ0n) is 10.2. The van der Waals surface area contributed by atoms with E-state index in [0.29, 0.717) is 25.1 Å². The lowest BCUT2D eigenvalue weighted by Crippen LogP contribution is -2.23. The molecule has 1 N–H and O–H groups in total. The summed E-state index contributed by atoms with van der Waals surface area (Å²) < 4.78 is 18.2. The summed E-state index contributed by atoms with van der Waals surface area (Å²) in [5.74, 6) is -0.468. The van der Waals surface area contributed by atoms with Crippen molar-refractivity contribution in [2.45, 2.75) is 26.3 Å². The standard InChI is InChI=1S/C13H18FNO2/c1-3-17-13(16)8-9-15-10(2)11-6-4-5-7-12(11)14/h4-7,10,15H,3,8-9H2,1-2H3/t10-/m1/s1. The van der Waals surface area contributed by atoms with Crippen molar-refractivity contribution in [2.24, 2.45) is 0 Å². The van der Waals surface area contributed by atoms with Crippen molar-refractivity contribution >= 4 is 5.97 Å². The van der Waals surface area contributed by atoms with Crippen LogP contribution in [0.3, 0.4) is 0 Å². The van der Waals surface area contributed by atoms with E-state index in [-0.39, 0.29) is 17.8 Å². The number of esters is 1. The number of halogens is 1. The van der Waals surface area contributed by atoms with E-state index in [0.717, 1.165) is 0 Å². The second kappa shape index (κ2) is 7.01. The molecule has 0 spiro atoms. The third-order valence-electron chi connectivity index (χ3n) is 2.46. The Labute approximate surface area is 101 Å². The predicted octanol–water partition coefficient (Wildman–Crippen LogP) is 2.43. The molecule has 0 fully saturated rings. The molecule has 0 bridgehead atoms. The van der Waals surface area contributed by atoms with Gasteiger partial charge in [0.1, 0.15) is 5.82 Å². The molecule has 1 aromatic carbocycles. The third-order valence-corrected chi connectivity index (χ3v) is 2.46. The second-order valence-corrected chi connectivity index (χ2v) is 3.75. The van der Waals surface area contributed by atoms with E-state index in [1.54, 1.807) is 25.1 Å². The molecular formula is C13H18FNO2. The molecule has 0 aliphatic carbocycles. The number of carbonyl (C=O) groups excluding carboxylic acids is 1. The van der Waals surface area contributed by atoms with E-state index in [1.807, 2.05) is 6.92 Å². The Morgan fingerprint density at radius 3 is 2.82 bits per heavy atom. The number of nitrogens with one attached hydrogen (secondary N) is 1. The van der Waals surface area contributed by atoms with Gasteiger partial charge in [-0.15, -0.1) is 0 Å². The van der Waals surface area contributed by atoms with Crippen LogP contribution >= 0.6 is 0 Å². The molecule has 0 unspecified atom stereocenters. The Bertz CT molecular complexity index is 368. The summed E-state index contributed by atoms with van der Waals surface area (Å²) in [6.45, 7) is 4.51. The summed E-state index contributed by atoms with van der Waals surface area (Å²) in [5.41, 5.74) is 0.608. The lowest BCUT2D eigenvalue weighted by molar-refractivity contribution is -0.143. The fourth-order valence-corrected chi connectivity index (χ4v) is 1.56. The number of benzene rings is 1. The SMILES string of the molecule is CCOC(=O)CCN[C@H](C)c1ccccc1F. The topological polar surface area (TPSA) is 38.3 Å². The molecule has 1 aromatic rings. The Kier molecular flexibility index (Phi) is 5.63. The van der Waals surface area contributed by atoms with E-state index in [4.69, 9.17) is 4.74 Å². The first-order valence-corrected chi connectivity index (χ1v) is 5.78. The molecule has 94 valence electrons. The van der Waals surface area contributed by atoms with E-state index in [1.165, 1.54) is 6.07 Å². The molecule has 4 heteroatoms. The molecule has 3 nitrogen and oxygen atoms in total. The van der Waals surface area contributed by atoms with Crippen LogP contribution in [0.5, 0.6) is 0 Å². The minimum atomic E-state index is -0.235. The van der Waals surface area contributed by atoms with Crippen LogP contribution < -0.4 is 5.32 Å². The summed E-state index contributed by atoms with van der Waals surface area (Å²) in [7, 11) is 0. The van der Waals surface area contributed by atoms with E-state index < -0.39 is 0 Å². The maximum absolute atomic E-state index is 13.4. The van der Waals surface area contributed by atoms with E-state index >= 15 is 0 Å². The van der Waals surface area contributed by atoms with Crippen LogP contribution in [-0.4, -0.2) is 19.1 Å². The van der Waals surface area contributed by atoms with Crippen LogP contribution in [-0.2, 0) is 9.53 Å². The van der Waals surface area contributed by atoms with Crippen molar-refractivity contribution in [1.29, 1.82) is 0 Å². The van der Waals surface area contributed by atoms with Crippen molar-refractivity contribution in [1.82, 2.24) is 5.32 Å². The predicted molar refractivity (Wildman–Crippen MR) is 64.1 cm³/mol. The van der Waals surface area contributed by atoms with Crippen molar-refractivity contribution in [3.05, 3.63) is 35.6 Å². The maximum atomic E-state index is 13.4. The Morgan fingerprint density at radius 1 is 1.47 bits per heavy atom. The van der Waals surface area contributed by atoms with Gasteiger partial charge < -0.3 is 10.1 Å². The van der Waals surface area contributed by atoms with Crippen LogP contribution in [0.2, 0.25) is 0 Å². The summed E-state index contributed by atoms with van der Waals surface area (Å²) in [4.78, 5) is 11.1. The van der Waals surface area contributed by atoms with Gasteiger partial charge in [-0.25, -0.2) is 4.39 Å². The van der Waals surface area contributed by atoms with Gasteiger partial charge in [0.05, 0.1) is 13.0 Å². The minimum Gasteiger partial charge on any atom is -0.466 e. The molecule has 0 radical (unpaired) electrons. The summed E-state index contributed by atoms with van der Waals surface area (Å²) >= 11 is 0. The normalized spacial score (nSPS) is 12.2. The molecule has 0 amide bonds. The van der Waals surface area contributed by atoms with Gasteiger partial charge in [-0.05, 0) is 19.9 Å². The van der Waals surface area contributed by atoms with Gasteiger partial charge in [0.25, 0.3) is 0 Å². The van der Waals surface area contributed by atoms with Crippen molar-refractivity contribution < 1.29 is 13.9 Å². The van der Waals surface area contributed by atoms with Gasteiger partial charge in [-0.3, -0.25) is 4.79 Å². The molecule has 0 aromatic heterocycles. The second-order valence-electron chi connectivity index (χ2n) is 3.75. The zero-order chi connectivity index (χ0) is 12.7. The van der Waals surface area contributed by atoms with Crippen LogP contribution in [0.4, 0.5) is 4.39 Å². The zero-order valence-corrected chi connectivity index (χ0v) is 10.2.